The molecule has 0 aromatic heterocycles. The number of sulfonamides is 1. The van der Waals surface area contributed by atoms with Crippen molar-refractivity contribution < 1.29 is 12.8 Å². The van der Waals surface area contributed by atoms with Crippen LogP contribution in [-0.2, 0) is 16.6 Å². The third-order valence-corrected chi connectivity index (χ3v) is 4.48. The lowest BCUT2D eigenvalue weighted by Gasteiger charge is -2.17. The number of rotatable bonds is 7. The summed E-state index contributed by atoms with van der Waals surface area (Å²) in [4.78, 5) is 0. The molecule has 1 aromatic rings. The van der Waals surface area contributed by atoms with Crippen LogP contribution in [0.15, 0.2) is 24.3 Å². The van der Waals surface area contributed by atoms with E-state index in [0.29, 0.717) is 18.5 Å². The molecule has 1 N–H and O–H groups in total. The lowest BCUT2D eigenvalue weighted by Crippen LogP contribution is -2.30. The first-order valence-electron chi connectivity index (χ1n) is 5.79. The molecule has 0 fully saturated rings. The number of nitrogens with one attached hydrogen (secondary N) is 1. The Morgan fingerprint density at radius 3 is 2.72 bits per heavy atom. The average Bonchev–Trinajstić information content (AvgIpc) is 2.29. The molecule has 0 saturated carbocycles. The van der Waals surface area contributed by atoms with E-state index in [-0.39, 0.29) is 18.1 Å². The number of benzene rings is 1. The van der Waals surface area contributed by atoms with Gasteiger partial charge >= 0.3 is 0 Å². The molecule has 1 rings (SSSR count). The van der Waals surface area contributed by atoms with Crippen LogP contribution in [0, 0.1) is 5.82 Å². The zero-order chi connectivity index (χ0) is 13.6. The summed E-state index contributed by atoms with van der Waals surface area (Å²) in [7, 11) is 0.0217. The minimum absolute atomic E-state index is 0.0969. The molecule has 18 heavy (non-hydrogen) atoms. The van der Waals surface area contributed by atoms with Gasteiger partial charge in [-0.25, -0.2) is 17.1 Å². The maximum atomic E-state index is 13.0. The Balaban J connectivity index is 2.61. The summed E-state index contributed by atoms with van der Waals surface area (Å²) >= 11 is 0. The van der Waals surface area contributed by atoms with E-state index in [0.717, 1.165) is 0 Å². The standard InChI is InChI=1S/C12H19FN2O2S/c1-14-7-4-8-18(16,17)15(2)10-11-5-3-6-12(13)9-11/h3,5-6,9,14H,4,7-8,10H2,1-2H3. The fraction of sp³-hybridized carbons (Fsp3) is 0.500. The van der Waals surface area contributed by atoms with Crippen LogP contribution >= 0.6 is 0 Å². The predicted octanol–water partition coefficient (Wildman–Crippen LogP) is 1.20. The van der Waals surface area contributed by atoms with Gasteiger partial charge in [-0.3, -0.25) is 0 Å². The van der Waals surface area contributed by atoms with Gasteiger partial charge in [-0.2, -0.15) is 0 Å². The molecule has 0 amide bonds. The molecule has 0 bridgehead atoms. The molecule has 4 nitrogen and oxygen atoms in total. The van der Waals surface area contributed by atoms with E-state index >= 15 is 0 Å². The SMILES string of the molecule is CNCCCS(=O)(=O)N(C)Cc1cccc(F)c1. The van der Waals surface area contributed by atoms with Crippen LogP contribution < -0.4 is 5.32 Å². The third kappa shape index (κ3) is 4.72. The molecule has 0 spiro atoms. The highest BCUT2D eigenvalue weighted by molar-refractivity contribution is 7.89. The van der Waals surface area contributed by atoms with Crippen molar-refractivity contribution in [3.63, 3.8) is 0 Å². The first kappa shape index (κ1) is 15.1. The smallest absolute Gasteiger partial charge is 0.214 e. The van der Waals surface area contributed by atoms with Crippen LogP contribution in [0.25, 0.3) is 0 Å². The summed E-state index contributed by atoms with van der Waals surface area (Å²) in [5.41, 5.74) is 0.648. The Hall–Kier alpha value is -0.980. The average molecular weight is 274 g/mol. The fourth-order valence-electron chi connectivity index (χ4n) is 1.58. The van der Waals surface area contributed by atoms with E-state index in [1.165, 1.54) is 23.5 Å². The molecule has 0 heterocycles. The molecule has 0 atom stereocenters. The second-order valence-electron chi connectivity index (χ2n) is 4.16. The molecule has 0 aliphatic carbocycles. The van der Waals surface area contributed by atoms with Gasteiger partial charge in [0.1, 0.15) is 5.82 Å². The van der Waals surface area contributed by atoms with E-state index < -0.39 is 10.0 Å². The molecule has 0 aliphatic heterocycles. The van der Waals surface area contributed by atoms with Gasteiger partial charge in [-0.15, -0.1) is 0 Å². The minimum atomic E-state index is -3.27. The monoisotopic (exact) mass is 274 g/mol. The first-order valence-corrected chi connectivity index (χ1v) is 7.39. The van der Waals surface area contributed by atoms with Gasteiger partial charge in [0.2, 0.25) is 10.0 Å². The quantitative estimate of drug-likeness (QED) is 0.760. The van der Waals surface area contributed by atoms with E-state index in [9.17, 15) is 12.8 Å². The molecule has 0 saturated heterocycles. The molecular weight excluding hydrogens is 255 g/mol. The molecule has 0 unspecified atom stereocenters. The maximum absolute atomic E-state index is 13.0. The molecule has 102 valence electrons. The van der Waals surface area contributed by atoms with Gasteiger partial charge in [-0.05, 0) is 37.7 Å². The van der Waals surface area contributed by atoms with E-state index in [2.05, 4.69) is 5.32 Å². The molecular formula is C12H19FN2O2S. The Morgan fingerprint density at radius 1 is 1.39 bits per heavy atom. The Labute approximate surface area is 108 Å². The van der Waals surface area contributed by atoms with Crippen molar-refractivity contribution in [1.29, 1.82) is 0 Å². The van der Waals surface area contributed by atoms with Gasteiger partial charge in [-0.1, -0.05) is 12.1 Å². The maximum Gasteiger partial charge on any atom is 0.214 e. The van der Waals surface area contributed by atoms with Gasteiger partial charge < -0.3 is 5.32 Å². The predicted molar refractivity (Wildman–Crippen MR) is 70.2 cm³/mol. The second-order valence-corrected chi connectivity index (χ2v) is 6.35. The fourth-order valence-corrected chi connectivity index (χ4v) is 2.74. The summed E-state index contributed by atoms with van der Waals surface area (Å²) < 4.78 is 38.0. The van der Waals surface area contributed by atoms with Gasteiger partial charge in [0.05, 0.1) is 5.75 Å². The largest absolute Gasteiger partial charge is 0.320 e. The topological polar surface area (TPSA) is 49.4 Å². The van der Waals surface area contributed by atoms with Crippen molar-refractivity contribution >= 4 is 10.0 Å². The number of halogens is 1. The zero-order valence-corrected chi connectivity index (χ0v) is 11.5. The van der Waals surface area contributed by atoms with Crippen molar-refractivity contribution in [1.82, 2.24) is 9.62 Å². The molecule has 6 heteroatoms. The van der Waals surface area contributed by atoms with E-state index in [1.54, 1.807) is 19.2 Å². The summed E-state index contributed by atoms with van der Waals surface area (Å²) in [5, 5.41) is 2.90. The van der Waals surface area contributed by atoms with Crippen LogP contribution in [0.5, 0.6) is 0 Å². The minimum Gasteiger partial charge on any atom is -0.320 e. The number of hydrogen-bond acceptors (Lipinski definition) is 3. The zero-order valence-electron chi connectivity index (χ0n) is 10.7. The number of nitrogens with zero attached hydrogens (tertiary/aromatic N) is 1. The Bertz CT molecular complexity index is 477. The van der Waals surface area contributed by atoms with Crippen LogP contribution in [0.1, 0.15) is 12.0 Å². The second kappa shape index (κ2) is 6.82. The normalized spacial score (nSPS) is 12.0. The third-order valence-electron chi connectivity index (χ3n) is 2.60. The van der Waals surface area contributed by atoms with Crippen LogP contribution in [0.3, 0.4) is 0 Å². The van der Waals surface area contributed by atoms with Crippen molar-refractivity contribution in [2.45, 2.75) is 13.0 Å². The molecule has 1 aromatic carbocycles. The Morgan fingerprint density at radius 2 is 2.11 bits per heavy atom. The lowest BCUT2D eigenvalue weighted by atomic mass is 10.2. The number of hydrogen-bond donors (Lipinski definition) is 1. The van der Waals surface area contributed by atoms with E-state index in [4.69, 9.17) is 0 Å². The summed E-state index contributed by atoms with van der Waals surface area (Å²) in [6.45, 7) is 0.854. The highest BCUT2D eigenvalue weighted by Crippen LogP contribution is 2.10. The van der Waals surface area contributed by atoms with Crippen molar-refractivity contribution in [3.05, 3.63) is 35.6 Å². The van der Waals surface area contributed by atoms with Crippen LogP contribution in [0.2, 0.25) is 0 Å². The highest BCUT2D eigenvalue weighted by Gasteiger charge is 2.17. The highest BCUT2D eigenvalue weighted by atomic mass is 32.2. The summed E-state index contributed by atoms with van der Waals surface area (Å²) in [6, 6.07) is 5.97. The van der Waals surface area contributed by atoms with Gasteiger partial charge in [0.25, 0.3) is 0 Å². The lowest BCUT2D eigenvalue weighted by molar-refractivity contribution is 0.463. The van der Waals surface area contributed by atoms with Crippen molar-refractivity contribution in [2.24, 2.45) is 0 Å². The van der Waals surface area contributed by atoms with Gasteiger partial charge in [0, 0.05) is 13.6 Å². The Kier molecular flexibility index (Phi) is 5.71. The van der Waals surface area contributed by atoms with Crippen LogP contribution in [-0.4, -0.2) is 39.1 Å². The summed E-state index contributed by atoms with van der Waals surface area (Å²) in [5.74, 6) is -0.256. The van der Waals surface area contributed by atoms with E-state index in [1.807, 2.05) is 0 Å². The summed E-state index contributed by atoms with van der Waals surface area (Å²) in [6.07, 6.45) is 0.562. The first-order chi connectivity index (χ1) is 8.45. The molecule has 0 aliphatic rings. The van der Waals surface area contributed by atoms with Crippen LogP contribution in [0.4, 0.5) is 4.39 Å². The van der Waals surface area contributed by atoms with Crippen molar-refractivity contribution in [2.75, 3.05) is 26.4 Å². The molecule has 0 radical (unpaired) electrons. The van der Waals surface area contributed by atoms with Gasteiger partial charge in [0.15, 0.2) is 0 Å². The van der Waals surface area contributed by atoms with Crippen molar-refractivity contribution in [3.8, 4) is 0 Å².